The van der Waals surface area contributed by atoms with E-state index in [1.807, 2.05) is 0 Å². The highest BCUT2D eigenvalue weighted by Gasteiger charge is 2.22. The molecule has 7 nitrogen and oxygen atoms in total. The van der Waals surface area contributed by atoms with Crippen LogP contribution in [0.15, 0.2) is 18.2 Å². The summed E-state index contributed by atoms with van der Waals surface area (Å²) in [4.78, 5) is 33.7. The van der Waals surface area contributed by atoms with Crippen LogP contribution in [0.5, 0.6) is 0 Å². The largest absolute Gasteiger partial charge is 0.469 e. The molecule has 0 aliphatic rings. The van der Waals surface area contributed by atoms with Crippen molar-refractivity contribution >= 4 is 56.6 Å². The standard InChI is InChI=1S/C19H17ClFN3O4S/c1-4-28-19(26)16-9(2)15-17(22-10-5-6-12(21)11(20)7-10)23-13(8-14(25)27-3)24-18(15)29-16/h5-7H,4,8H2,1-3H3,(H,22,23,24). The molecule has 0 amide bonds. The van der Waals surface area contributed by atoms with E-state index in [9.17, 15) is 14.0 Å². The number of ether oxygens (including phenoxy) is 2. The summed E-state index contributed by atoms with van der Waals surface area (Å²) in [6.45, 7) is 3.72. The molecule has 0 fully saturated rings. The minimum absolute atomic E-state index is 0.0515. The van der Waals surface area contributed by atoms with Gasteiger partial charge in [0.25, 0.3) is 0 Å². The lowest BCUT2D eigenvalue weighted by molar-refractivity contribution is -0.139. The molecule has 0 unspecified atom stereocenters. The quantitative estimate of drug-likeness (QED) is 0.570. The van der Waals surface area contributed by atoms with Gasteiger partial charge >= 0.3 is 11.9 Å². The van der Waals surface area contributed by atoms with E-state index in [0.29, 0.717) is 32.2 Å². The summed E-state index contributed by atoms with van der Waals surface area (Å²) in [5, 5.41) is 3.62. The maximum Gasteiger partial charge on any atom is 0.348 e. The number of methoxy groups -OCH3 is 1. The number of nitrogens with zero attached hydrogens (tertiary/aromatic N) is 2. The van der Waals surface area contributed by atoms with Gasteiger partial charge in [-0.05, 0) is 37.6 Å². The molecule has 3 aromatic rings. The van der Waals surface area contributed by atoms with Gasteiger partial charge in [0.2, 0.25) is 0 Å². The van der Waals surface area contributed by atoms with E-state index in [1.54, 1.807) is 13.8 Å². The van der Waals surface area contributed by atoms with Crippen LogP contribution in [0.2, 0.25) is 5.02 Å². The number of halogens is 2. The minimum Gasteiger partial charge on any atom is -0.469 e. The number of aryl methyl sites for hydroxylation is 1. The normalized spacial score (nSPS) is 10.8. The summed E-state index contributed by atoms with van der Waals surface area (Å²) in [6, 6.07) is 4.14. The number of esters is 2. The first kappa shape index (κ1) is 20.9. The van der Waals surface area contributed by atoms with Gasteiger partial charge in [-0.3, -0.25) is 4.79 Å². The number of aromatic nitrogens is 2. The number of nitrogens with one attached hydrogen (secondary N) is 1. The third-order valence-electron chi connectivity index (χ3n) is 4.01. The van der Waals surface area contributed by atoms with Crippen LogP contribution < -0.4 is 5.32 Å². The highest BCUT2D eigenvalue weighted by Crippen LogP contribution is 2.36. The zero-order valence-electron chi connectivity index (χ0n) is 15.8. The lowest BCUT2D eigenvalue weighted by atomic mass is 10.2. The molecule has 3 rings (SSSR count). The van der Waals surface area contributed by atoms with E-state index in [2.05, 4.69) is 20.0 Å². The van der Waals surface area contributed by atoms with Gasteiger partial charge in [-0.2, -0.15) is 0 Å². The molecule has 1 aromatic carbocycles. The Morgan fingerprint density at radius 2 is 2.07 bits per heavy atom. The van der Waals surface area contributed by atoms with Crippen LogP contribution in [0.1, 0.15) is 28.0 Å². The molecule has 0 bridgehead atoms. The topological polar surface area (TPSA) is 90.4 Å². The number of hydrogen-bond acceptors (Lipinski definition) is 8. The lowest BCUT2D eigenvalue weighted by Gasteiger charge is -2.10. The molecule has 2 aromatic heterocycles. The van der Waals surface area contributed by atoms with E-state index < -0.39 is 17.8 Å². The number of anilines is 2. The van der Waals surface area contributed by atoms with Crippen LogP contribution >= 0.6 is 22.9 Å². The molecule has 29 heavy (non-hydrogen) atoms. The average Bonchev–Trinajstić information content (AvgIpc) is 3.01. The van der Waals surface area contributed by atoms with Crippen molar-refractivity contribution in [2.75, 3.05) is 19.0 Å². The molecule has 0 radical (unpaired) electrons. The fourth-order valence-electron chi connectivity index (χ4n) is 2.66. The van der Waals surface area contributed by atoms with Crippen LogP contribution in [0.4, 0.5) is 15.9 Å². The lowest BCUT2D eigenvalue weighted by Crippen LogP contribution is -2.09. The Morgan fingerprint density at radius 3 is 2.72 bits per heavy atom. The smallest absolute Gasteiger partial charge is 0.348 e. The van der Waals surface area contributed by atoms with Crippen molar-refractivity contribution in [1.82, 2.24) is 9.97 Å². The molecule has 1 N–H and O–H groups in total. The molecule has 0 atom stereocenters. The predicted octanol–water partition coefficient (Wildman–Crippen LogP) is 4.43. The molecule has 0 saturated carbocycles. The van der Waals surface area contributed by atoms with Crippen LogP contribution in [0.25, 0.3) is 10.2 Å². The van der Waals surface area contributed by atoms with Crippen LogP contribution in [-0.2, 0) is 20.7 Å². The fourth-order valence-corrected chi connectivity index (χ4v) is 3.93. The Balaban J connectivity index is 2.13. The average molecular weight is 438 g/mol. The van der Waals surface area contributed by atoms with Gasteiger partial charge in [0.15, 0.2) is 0 Å². The monoisotopic (exact) mass is 437 g/mol. The first-order valence-electron chi connectivity index (χ1n) is 8.60. The van der Waals surface area contributed by atoms with E-state index in [-0.39, 0.29) is 23.9 Å². The van der Waals surface area contributed by atoms with Crippen molar-refractivity contribution in [3.63, 3.8) is 0 Å². The summed E-state index contributed by atoms with van der Waals surface area (Å²) < 4.78 is 23.3. The third-order valence-corrected chi connectivity index (χ3v) is 5.47. The van der Waals surface area contributed by atoms with Gasteiger partial charge in [-0.25, -0.2) is 19.2 Å². The number of benzene rings is 1. The maximum absolute atomic E-state index is 13.5. The van der Waals surface area contributed by atoms with Crippen molar-refractivity contribution < 1.29 is 23.5 Å². The zero-order valence-corrected chi connectivity index (χ0v) is 17.4. The van der Waals surface area contributed by atoms with Gasteiger partial charge in [-0.15, -0.1) is 11.3 Å². The SMILES string of the molecule is CCOC(=O)c1sc2nc(CC(=O)OC)nc(Nc3ccc(F)c(Cl)c3)c2c1C. The van der Waals surface area contributed by atoms with Gasteiger partial charge in [0.1, 0.15) is 33.6 Å². The summed E-state index contributed by atoms with van der Waals surface area (Å²) in [5.74, 6) is -0.928. The van der Waals surface area contributed by atoms with E-state index >= 15 is 0 Å². The summed E-state index contributed by atoms with van der Waals surface area (Å²) >= 11 is 7.01. The number of carbonyl (C=O) groups excluding carboxylic acids is 2. The van der Waals surface area contributed by atoms with E-state index in [1.165, 1.54) is 25.3 Å². The van der Waals surface area contributed by atoms with Crippen LogP contribution in [0.3, 0.4) is 0 Å². The molecule has 152 valence electrons. The Bertz CT molecular complexity index is 1100. The van der Waals surface area contributed by atoms with E-state index in [0.717, 1.165) is 11.3 Å². The number of rotatable bonds is 6. The van der Waals surface area contributed by atoms with Crippen LogP contribution in [0, 0.1) is 12.7 Å². The van der Waals surface area contributed by atoms with E-state index in [4.69, 9.17) is 16.3 Å². The summed E-state index contributed by atoms with van der Waals surface area (Å²) in [7, 11) is 1.27. The van der Waals surface area contributed by atoms with Crippen molar-refractivity contribution in [3.05, 3.63) is 45.3 Å². The zero-order chi connectivity index (χ0) is 21.1. The summed E-state index contributed by atoms with van der Waals surface area (Å²) in [5.41, 5.74) is 1.13. The highest BCUT2D eigenvalue weighted by molar-refractivity contribution is 7.20. The molecule has 10 heteroatoms. The second kappa shape index (κ2) is 8.71. The molecule has 0 aliphatic carbocycles. The Hall–Kier alpha value is -2.78. The molecule has 0 saturated heterocycles. The van der Waals surface area contributed by atoms with Crippen LogP contribution in [-0.4, -0.2) is 35.6 Å². The Labute approximate surface area is 174 Å². The molecular weight excluding hydrogens is 421 g/mol. The number of thiophene rings is 1. The highest BCUT2D eigenvalue weighted by atomic mass is 35.5. The summed E-state index contributed by atoms with van der Waals surface area (Å²) in [6.07, 6.45) is -0.142. The number of carbonyl (C=O) groups is 2. The minimum atomic E-state index is -0.548. The number of fused-ring (bicyclic) bond motifs is 1. The molecule has 0 aliphatic heterocycles. The van der Waals surface area contributed by atoms with Crippen molar-refractivity contribution in [2.45, 2.75) is 20.3 Å². The van der Waals surface area contributed by atoms with Gasteiger partial charge in [0, 0.05) is 5.69 Å². The molecule has 2 heterocycles. The number of hydrogen-bond donors (Lipinski definition) is 1. The Kier molecular flexibility index (Phi) is 6.29. The van der Waals surface area contributed by atoms with Gasteiger partial charge in [0.05, 0.1) is 24.1 Å². The van der Waals surface area contributed by atoms with Crippen molar-refractivity contribution in [2.24, 2.45) is 0 Å². The maximum atomic E-state index is 13.5. The molecule has 0 spiro atoms. The van der Waals surface area contributed by atoms with Crippen molar-refractivity contribution in [1.29, 1.82) is 0 Å². The Morgan fingerprint density at radius 1 is 1.31 bits per heavy atom. The first-order valence-corrected chi connectivity index (χ1v) is 9.79. The first-order chi connectivity index (χ1) is 13.8. The van der Waals surface area contributed by atoms with Gasteiger partial charge < -0.3 is 14.8 Å². The van der Waals surface area contributed by atoms with Crippen molar-refractivity contribution in [3.8, 4) is 0 Å². The fraction of sp³-hybridized carbons (Fsp3) is 0.263. The third kappa shape index (κ3) is 4.46. The predicted molar refractivity (Wildman–Crippen MR) is 109 cm³/mol. The second-order valence-electron chi connectivity index (χ2n) is 5.95. The molecular formula is C19H17ClFN3O4S. The second-order valence-corrected chi connectivity index (χ2v) is 7.36. The van der Waals surface area contributed by atoms with Gasteiger partial charge in [-0.1, -0.05) is 11.6 Å².